The second kappa shape index (κ2) is 5.37. The van der Waals surface area contributed by atoms with Gasteiger partial charge in [0.15, 0.2) is 0 Å². The molecule has 0 saturated carbocycles. The van der Waals surface area contributed by atoms with Gasteiger partial charge in [0.05, 0.1) is 15.2 Å². The maximum absolute atomic E-state index is 5.54. The van der Waals surface area contributed by atoms with E-state index in [1.54, 1.807) is 17.7 Å². The van der Waals surface area contributed by atoms with Crippen LogP contribution in [0.25, 0.3) is 10.2 Å². The van der Waals surface area contributed by atoms with Crippen LogP contribution in [0.15, 0.2) is 17.8 Å². The van der Waals surface area contributed by atoms with Crippen molar-refractivity contribution in [3.8, 4) is 0 Å². The van der Waals surface area contributed by atoms with Crippen molar-refractivity contribution in [1.29, 1.82) is 0 Å². The standard InChI is InChI=1S/C11H14N4S2/c1-2-15(5-3-9(12)16)11-10-8(4-6-17-10)13-7-14-11/h4,6-7H,2-3,5H2,1H3,(H2,12,16). The van der Waals surface area contributed by atoms with Crippen LogP contribution in [0.2, 0.25) is 0 Å². The molecule has 90 valence electrons. The van der Waals surface area contributed by atoms with Gasteiger partial charge in [0.2, 0.25) is 0 Å². The molecule has 0 fully saturated rings. The van der Waals surface area contributed by atoms with Gasteiger partial charge < -0.3 is 10.6 Å². The molecule has 0 spiro atoms. The second-order valence-electron chi connectivity index (χ2n) is 3.63. The highest BCUT2D eigenvalue weighted by Crippen LogP contribution is 2.27. The van der Waals surface area contributed by atoms with Crippen LogP contribution in [0.3, 0.4) is 0 Å². The number of nitrogens with zero attached hydrogens (tertiary/aromatic N) is 3. The van der Waals surface area contributed by atoms with Crippen LogP contribution < -0.4 is 10.6 Å². The zero-order valence-corrected chi connectivity index (χ0v) is 11.2. The molecule has 2 rings (SSSR count). The Morgan fingerprint density at radius 3 is 3.06 bits per heavy atom. The molecule has 0 bridgehead atoms. The SMILES string of the molecule is CCN(CCC(N)=S)c1ncnc2ccsc12. The minimum atomic E-state index is 0.542. The van der Waals surface area contributed by atoms with Gasteiger partial charge in [0.25, 0.3) is 0 Å². The van der Waals surface area contributed by atoms with Crippen LogP contribution in [0.4, 0.5) is 5.82 Å². The van der Waals surface area contributed by atoms with Crippen molar-refractivity contribution < 1.29 is 0 Å². The highest BCUT2D eigenvalue weighted by atomic mass is 32.1. The van der Waals surface area contributed by atoms with E-state index in [9.17, 15) is 0 Å². The summed E-state index contributed by atoms with van der Waals surface area (Å²) in [6.45, 7) is 3.78. The summed E-state index contributed by atoms with van der Waals surface area (Å²) in [6, 6.07) is 2.01. The average molecular weight is 266 g/mol. The normalized spacial score (nSPS) is 10.6. The van der Waals surface area contributed by atoms with Gasteiger partial charge in [0.1, 0.15) is 12.1 Å². The number of fused-ring (bicyclic) bond motifs is 1. The highest BCUT2D eigenvalue weighted by molar-refractivity contribution is 7.80. The van der Waals surface area contributed by atoms with Crippen LogP contribution in [0.1, 0.15) is 13.3 Å². The molecule has 0 radical (unpaired) electrons. The molecule has 2 aromatic rings. The summed E-state index contributed by atoms with van der Waals surface area (Å²) in [5.41, 5.74) is 6.54. The Hall–Kier alpha value is -1.27. The number of aromatic nitrogens is 2. The molecule has 17 heavy (non-hydrogen) atoms. The van der Waals surface area contributed by atoms with Gasteiger partial charge in [-0.15, -0.1) is 11.3 Å². The van der Waals surface area contributed by atoms with Gasteiger partial charge in [-0.3, -0.25) is 0 Å². The highest BCUT2D eigenvalue weighted by Gasteiger charge is 2.11. The minimum absolute atomic E-state index is 0.542. The molecule has 0 saturated heterocycles. The first-order chi connectivity index (χ1) is 8.22. The first kappa shape index (κ1) is 12.2. The van der Waals surface area contributed by atoms with E-state index in [4.69, 9.17) is 18.0 Å². The topological polar surface area (TPSA) is 55.0 Å². The third-order valence-electron chi connectivity index (χ3n) is 2.53. The van der Waals surface area contributed by atoms with E-state index < -0.39 is 0 Å². The molecule has 0 aliphatic carbocycles. The molecule has 0 aliphatic rings. The summed E-state index contributed by atoms with van der Waals surface area (Å²) in [5, 5.41) is 2.03. The Bertz CT molecular complexity index is 523. The number of nitrogens with two attached hydrogens (primary N) is 1. The lowest BCUT2D eigenvalue weighted by Crippen LogP contribution is -2.28. The summed E-state index contributed by atoms with van der Waals surface area (Å²) >= 11 is 6.57. The van der Waals surface area contributed by atoms with E-state index in [0.29, 0.717) is 11.4 Å². The molecule has 0 atom stereocenters. The molecule has 6 heteroatoms. The van der Waals surface area contributed by atoms with Crippen LogP contribution in [-0.4, -0.2) is 28.0 Å². The molecular weight excluding hydrogens is 252 g/mol. The van der Waals surface area contributed by atoms with Crippen molar-refractivity contribution in [3.63, 3.8) is 0 Å². The van der Waals surface area contributed by atoms with Crippen molar-refractivity contribution >= 4 is 44.6 Å². The smallest absolute Gasteiger partial charge is 0.150 e. The third-order valence-corrected chi connectivity index (χ3v) is 3.64. The van der Waals surface area contributed by atoms with Crippen LogP contribution in [-0.2, 0) is 0 Å². The molecule has 2 aromatic heterocycles. The lowest BCUT2D eigenvalue weighted by molar-refractivity contribution is 0.823. The van der Waals surface area contributed by atoms with Crippen LogP contribution in [0.5, 0.6) is 0 Å². The molecule has 2 N–H and O–H groups in total. The Labute approximate surface area is 109 Å². The van der Waals surface area contributed by atoms with Gasteiger partial charge in [-0.2, -0.15) is 0 Å². The quantitative estimate of drug-likeness (QED) is 0.841. The molecule has 2 heterocycles. The summed E-state index contributed by atoms with van der Waals surface area (Å²) < 4.78 is 1.12. The summed E-state index contributed by atoms with van der Waals surface area (Å²) in [5.74, 6) is 0.976. The maximum atomic E-state index is 5.54. The number of anilines is 1. The third kappa shape index (κ3) is 2.70. The predicted molar refractivity (Wildman–Crippen MR) is 76.7 cm³/mol. The lowest BCUT2D eigenvalue weighted by atomic mass is 10.3. The van der Waals surface area contributed by atoms with E-state index in [-0.39, 0.29) is 0 Å². The fourth-order valence-corrected chi connectivity index (χ4v) is 2.61. The monoisotopic (exact) mass is 266 g/mol. The summed E-state index contributed by atoms with van der Waals surface area (Å²) in [6.07, 6.45) is 2.31. The second-order valence-corrected chi connectivity index (χ2v) is 5.07. The zero-order chi connectivity index (χ0) is 12.3. The van der Waals surface area contributed by atoms with Gasteiger partial charge in [-0.1, -0.05) is 12.2 Å². The Morgan fingerprint density at radius 2 is 2.35 bits per heavy atom. The molecule has 0 amide bonds. The van der Waals surface area contributed by atoms with Gasteiger partial charge in [-0.05, 0) is 18.4 Å². The number of hydrogen-bond acceptors (Lipinski definition) is 5. The predicted octanol–water partition coefficient (Wildman–Crippen LogP) is 2.19. The molecule has 0 unspecified atom stereocenters. The van der Waals surface area contributed by atoms with Gasteiger partial charge in [0, 0.05) is 19.5 Å². The van der Waals surface area contributed by atoms with Gasteiger partial charge in [-0.25, -0.2) is 9.97 Å². The fraction of sp³-hybridized carbons (Fsp3) is 0.364. The van der Waals surface area contributed by atoms with Crippen molar-refractivity contribution in [3.05, 3.63) is 17.8 Å². The summed E-state index contributed by atoms with van der Waals surface area (Å²) in [4.78, 5) is 11.3. The zero-order valence-electron chi connectivity index (χ0n) is 9.59. The Morgan fingerprint density at radius 1 is 1.53 bits per heavy atom. The maximum Gasteiger partial charge on any atom is 0.150 e. The minimum Gasteiger partial charge on any atom is -0.393 e. The number of thiocarbonyl (C=S) groups is 1. The average Bonchev–Trinajstić information content (AvgIpc) is 2.78. The Balaban J connectivity index is 2.29. The number of hydrogen-bond donors (Lipinski definition) is 1. The molecule has 4 nitrogen and oxygen atoms in total. The molecule has 0 aliphatic heterocycles. The molecular formula is C11H14N4S2. The van der Waals surface area contributed by atoms with Crippen LogP contribution >= 0.6 is 23.6 Å². The van der Waals surface area contributed by atoms with E-state index >= 15 is 0 Å². The van der Waals surface area contributed by atoms with Crippen molar-refractivity contribution in [1.82, 2.24) is 9.97 Å². The van der Waals surface area contributed by atoms with E-state index in [1.807, 2.05) is 11.4 Å². The Kier molecular flexibility index (Phi) is 3.86. The fourth-order valence-electron chi connectivity index (χ4n) is 1.66. The lowest BCUT2D eigenvalue weighted by Gasteiger charge is -2.21. The van der Waals surface area contributed by atoms with Gasteiger partial charge >= 0.3 is 0 Å². The number of rotatable bonds is 5. The van der Waals surface area contributed by atoms with E-state index in [1.165, 1.54) is 0 Å². The van der Waals surface area contributed by atoms with Crippen LogP contribution in [0, 0.1) is 0 Å². The van der Waals surface area contributed by atoms with Crippen molar-refractivity contribution in [2.24, 2.45) is 5.73 Å². The first-order valence-electron chi connectivity index (χ1n) is 5.43. The van der Waals surface area contributed by atoms with E-state index in [2.05, 4.69) is 21.8 Å². The first-order valence-corrected chi connectivity index (χ1v) is 6.72. The van der Waals surface area contributed by atoms with E-state index in [0.717, 1.165) is 29.1 Å². The molecule has 0 aromatic carbocycles. The summed E-state index contributed by atoms with van der Waals surface area (Å²) in [7, 11) is 0. The number of thiophene rings is 1. The largest absolute Gasteiger partial charge is 0.393 e. The van der Waals surface area contributed by atoms with Crippen molar-refractivity contribution in [2.45, 2.75) is 13.3 Å². The van der Waals surface area contributed by atoms with Crippen molar-refractivity contribution in [2.75, 3.05) is 18.0 Å².